The quantitative estimate of drug-likeness (QED) is 0.0538. The summed E-state index contributed by atoms with van der Waals surface area (Å²) in [7, 11) is -12.7. The number of unbranched alkanes of at least 4 members (excludes halogenated alkanes) is 21. The Balaban J connectivity index is -0.000000169. The van der Waals surface area contributed by atoms with Crippen molar-refractivity contribution in [1.29, 1.82) is 0 Å². The fourth-order valence-corrected chi connectivity index (χ4v) is 6.15. The molecule has 0 N–H and O–H groups in total. The summed E-state index contributed by atoms with van der Waals surface area (Å²) >= 11 is 0. The summed E-state index contributed by atoms with van der Waals surface area (Å²) in [6.45, 7) is 6.54. The molecule has 0 aromatic rings. The van der Waals surface area contributed by atoms with Crippen LogP contribution in [0.5, 0.6) is 0 Å². The smallest absolute Gasteiger partial charge is 0.811 e. The van der Waals surface area contributed by atoms with E-state index in [0.29, 0.717) is 19.3 Å². The normalized spacial score (nSPS) is 11.4. The van der Waals surface area contributed by atoms with E-state index in [0.717, 1.165) is 38.5 Å². The van der Waals surface area contributed by atoms with Crippen molar-refractivity contribution >= 4 is 22.8 Å². The maximum atomic E-state index is 10.3. The predicted octanol–water partition coefficient (Wildman–Crippen LogP) is 6.12. The molecule has 0 atom stereocenters. The van der Waals surface area contributed by atoms with Crippen LogP contribution in [0.4, 0.5) is 0 Å². The summed E-state index contributed by atoms with van der Waals surface area (Å²) in [5.74, 6) is 0. The van der Waals surface area contributed by atoms with Gasteiger partial charge in [-0.2, -0.15) is 0 Å². The van der Waals surface area contributed by atoms with E-state index in [-0.39, 0.29) is 52.6 Å². The van der Waals surface area contributed by atoms with E-state index in [1.54, 1.807) is 0 Å². The largest absolute Gasteiger partial charge is 3.00 e. The Morgan fingerprint density at radius 3 is 0.568 bits per heavy atom. The topological polar surface area (TPSA) is 190 Å². The molecule has 14 heteroatoms. The van der Waals surface area contributed by atoms with Gasteiger partial charge in [0.05, 0.1) is 0 Å². The molecule has 0 aliphatic heterocycles. The number of hydrogen-bond donors (Lipinski definition) is 0. The van der Waals surface area contributed by atoms with Crippen LogP contribution in [0.25, 0.3) is 0 Å². The van der Waals surface area contributed by atoms with E-state index >= 15 is 0 Å². The Morgan fingerprint density at radius 1 is 0.295 bits per heavy atom. The Hall–Kier alpha value is 1.49. The maximum absolute atomic E-state index is 10.3. The third-order valence-electron chi connectivity index (χ3n) is 6.86. The first-order valence-corrected chi connectivity index (χ1v) is 21.9. The van der Waals surface area contributed by atoms with Gasteiger partial charge in [0.25, 0.3) is 0 Å². The number of rotatable bonds is 27. The minimum atomic E-state index is -4.23. The van der Waals surface area contributed by atoms with Crippen molar-refractivity contribution in [2.24, 2.45) is 0 Å². The molecule has 0 aromatic heterocycles. The SMILES string of the molecule is CCCCCCCCCCP(=O)([O-])[O-].CCCCCCCCCCP(=O)([O-])[O-].CCCCCCCCCCP(=O)([O-])[O-].[Fe+3].[Fe+3]. The molecule has 0 rings (SSSR count). The first kappa shape index (κ1) is 54.9. The van der Waals surface area contributed by atoms with Crippen LogP contribution in [-0.2, 0) is 47.8 Å². The molecule has 0 spiro atoms. The molecule has 0 aliphatic carbocycles. The Morgan fingerprint density at radius 2 is 0.432 bits per heavy atom. The summed E-state index contributed by atoms with van der Waals surface area (Å²) in [5, 5.41) is 0. The van der Waals surface area contributed by atoms with Crippen molar-refractivity contribution in [2.75, 3.05) is 18.5 Å². The summed E-state index contributed by atoms with van der Waals surface area (Å²) in [4.78, 5) is 61.7. The molecule has 0 amide bonds. The Bertz CT molecular complexity index is 596. The van der Waals surface area contributed by atoms with Crippen LogP contribution in [0.3, 0.4) is 0 Å². The van der Waals surface area contributed by atoms with Crippen LogP contribution in [0.15, 0.2) is 0 Å². The summed E-state index contributed by atoms with van der Waals surface area (Å²) < 4.78 is 30.8. The van der Waals surface area contributed by atoms with Gasteiger partial charge in [0.1, 0.15) is 0 Å². The fourth-order valence-electron chi connectivity index (χ4n) is 4.32. The molecule has 0 saturated heterocycles. The maximum Gasteiger partial charge on any atom is 3.00 e. The van der Waals surface area contributed by atoms with Gasteiger partial charge in [-0.05, 0) is 37.7 Å². The van der Waals surface area contributed by atoms with Crippen LogP contribution < -0.4 is 29.4 Å². The van der Waals surface area contributed by atoms with Gasteiger partial charge in [0.2, 0.25) is 0 Å². The molecule has 2 radical (unpaired) electrons. The second-order valence-electron chi connectivity index (χ2n) is 11.4. The van der Waals surface area contributed by atoms with Crippen molar-refractivity contribution < 1.29 is 77.2 Å². The molecule has 0 fully saturated rings. The molecule has 0 unspecified atom stereocenters. The minimum absolute atomic E-state index is 0. The molecule has 44 heavy (non-hydrogen) atoms. The average Bonchev–Trinajstić information content (AvgIpc) is 2.88. The van der Waals surface area contributed by atoms with Gasteiger partial charge in [-0.1, -0.05) is 178 Å². The van der Waals surface area contributed by atoms with Crippen LogP contribution >= 0.6 is 22.8 Å². The molecule has 9 nitrogen and oxygen atoms in total. The van der Waals surface area contributed by atoms with Gasteiger partial charge in [-0.3, -0.25) is 0 Å². The molecule has 268 valence electrons. The first-order chi connectivity index (χ1) is 19.7. The van der Waals surface area contributed by atoms with E-state index in [2.05, 4.69) is 20.8 Å². The third kappa shape index (κ3) is 66.0. The molecular weight excluding hydrogens is 709 g/mol. The zero-order valence-corrected chi connectivity index (χ0v) is 32.7. The van der Waals surface area contributed by atoms with Crippen molar-refractivity contribution in [1.82, 2.24) is 0 Å². The molecule has 0 aromatic carbocycles. The standard InChI is InChI=1S/3C10H23O3P.2Fe/c3*1-2-3-4-5-6-7-8-9-10-14(11,12)13;;/h3*2-10H2,1H3,(H2,11,12,13);;/q;;;2*+3/p-6. The second kappa shape index (κ2) is 38.9. The monoisotopic (exact) mass is 772 g/mol. The Kier molecular flexibility index (Phi) is 48.6. The van der Waals surface area contributed by atoms with E-state index in [1.165, 1.54) is 96.3 Å². The van der Waals surface area contributed by atoms with Crippen LogP contribution in [-0.4, -0.2) is 18.5 Å². The van der Waals surface area contributed by atoms with Gasteiger partial charge >= 0.3 is 34.1 Å². The zero-order valence-electron chi connectivity index (χ0n) is 27.8. The predicted molar refractivity (Wildman–Crippen MR) is 165 cm³/mol. The molecule has 0 bridgehead atoms. The van der Waals surface area contributed by atoms with Gasteiger partial charge in [-0.25, -0.2) is 0 Å². The summed E-state index contributed by atoms with van der Waals surface area (Å²) in [5.41, 5.74) is 0. The van der Waals surface area contributed by atoms with Crippen LogP contribution in [0, 0.1) is 0 Å². The van der Waals surface area contributed by atoms with E-state index in [9.17, 15) is 43.1 Å². The van der Waals surface area contributed by atoms with Crippen molar-refractivity contribution in [3.05, 3.63) is 0 Å². The van der Waals surface area contributed by atoms with Crippen molar-refractivity contribution in [3.8, 4) is 0 Å². The van der Waals surface area contributed by atoms with Crippen LogP contribution in [0.2, 0.25) is 0 Å². The van der Waals surface area contributed by atoms with E-state index < -0.39 is 22.8 Å². The minimum Gasteiger partial charge on any atom is -0.811 e. The van der Waals surface area contributed by atoms with Crippen molar-refractivity contribution in [2.45, 2.75) is 175 Å². The second-order valence-corrected chi connectivity index (χ2v) is 16.4. The van der Waals surface area contributed by atoms with Gasteiger partial charge in [-0.15, -0.1) is 0 Å². The van der Waals surface area contributed by atoms with Crippen molar-refractivity contribution in [3.63, 3.8) is 0 Å². The third-order valence-corrected chi connectivity index (χ3v) is 9.45. The van der Waals surface area contributed by atoms with Gasteiger partial charge in [0.15, 0.2) is 0 Å². The molecule has 0 saturated carbocycles. The van der Waals surface area contributed by atoms with E-state index in [4.69, 9.17) is 0 Å². The number of hydrogen-bond acceptors (Lipinski definition) is 9. The molecule has 0 heterocycles. The first-order valence-electron chi connectivity index (χ1n) is 16.7. The summed E-state index contributed by atoms with van der Waals surface area (Å²) in [6, 6.07) is 0. The molecular formula is C30H63Fe2O9P3. The fraction of sp³-hybridized carbons (Fsp3) is 1.00. The van der Waals surface area contributed by atoms with Gasteiger partial charge < -0.3 is 43.1 Å². The van der Waals surface area contributed by atoms with Gasteiger partial charge in [0, 0.05) is 0 Å². The van der Waals surface area contributed by atoms with E-state index in [1.807, 2.05) is 0 Å². The Labute approximate surface area is 292 Å². The van der Waals surface area contributed by atoms with Crippen LogP contribution in [0.1, 0.15) is 175 Å². The summed E-state index contributed by atoms with van der Waals surface area (Å²) in [6.07, 6.45) is 25.6. The average molecular weight is 772 g/mol. The zero-order chi connectivity index (χ0) is 32.6. The molecule has 0 aliphatic rings.